The average Bonchev–Trinajstić information content (AvgIpc) is 2.99. The summed E-state index contributed by atoms with van der Waals surface area (Å²) in [6.45, 7) is 3.49. The molecule has 136 valence electrons. The van der Waals surface area contributed by atoms with Gasteiger partial charge < -0.3 is 9.88 Å². The van der Waals surface area contributed by atoms with Crippen LogP contribution in [0.5, 0.6) is 0 Å². The number of fused-ring (bicyclic) bond motifs is 1. The molecule has 8 nitrogen and oxygen atoms in total. The lowest BCUT2D eigenvalue weighted by Crippen LogP contribution is -2.44. The van der Waals surface area contributed by atoms with E-state index in [1.165, 1.54) is 17.9 Å². The Labute approximate surface area is 149 Å². The zero-order chi connectivity index (χ0) is 19.0. The van der Waals surface area contributed by atoms with Gasteiger partial charge in [-0.15, -0.1) is 0 Å². The quantitative estimate of drug-likeness (QED) is 0.743. The van der Waals surface area contributed by atoms with Crippen LogP contribution in [0.1, 0.15) is 24.1 Å². The Bertz CT molecular complexity index is 1110. The Morgan fingerprint density at radius 3 is 2.62 bits per heavy atom. The number of nitrogens with zero attached hydrogens (tertiary/aromatic N) is 4. The minimum atomic E-state index is -0.570. The minimum Gasteiger partial charge on any atom is -0.348 e. The van der Waals surface area contributed by atoms with E-state index in [0.29, 0.717) is 5.65 Å². The molecule has 2 heterocycles. The van der Waals surface area contributed by atoms with Gasteiger partial charge in [0.15, 0.2) is 11.2 Å². The van der Waals surface area contributed by atoms with Crippen LogP contribution in [-0.4, -0.2) is 24.6 Å². The highest BCUT2D eigenvalue weighted by Gasteiger charge is 2.18. The third-order valence-corrected chi connectivity index (χ3v) is 4.54. The van der Waals surface area contributed by atoms with Gasteiger partial charge in [0.1, 0.15) is 6.54 Å². The molecule has 26 heavy (non-hydrogen) atoms. The molecule has 8 heteroatoms. The molecule has 3 aromatic rings. The molecular formula is C18H21N5O3. The van der Waals surface area contributed by atoms with Crippen LogP contribution in [0.25, 0.3) is 11.2 Å². The summed E-state index contributed by atoms with van der Waals surface area (Å²) >= 11 is 0. The number of amides is 1. The predicted octanol–water partition coefficient (Wildman–Crippen LogP) is 0.620. The Morgan fingerprint density at radius 2 is 1.92 bits per heavy atom. The fraction of sp³-hybridized carbons (Fsp3) is 0.333. The molecule has 2 aromatic heterocycles. The number of aryl methyl sites for hydroxylation is 3. The van der Waals surface area contributed by atoms with Crippen LogP contribution in [0.3, 0.4) is 0 Å². The molecule has 1 aromatic carbocycles. The van der Waals surface area contributed by atoms with Crippen LogP contribution in [0, 0.1) is 6.92 Å². The van der Waals surface area contributed by atoms with Gasteiger partial charge in [0, 0.05) is 14.1 Å². The molecule has 1 atom stereocenters. The van der Waals surface area contributed by atoms with E-state index in [4.69, 9.17) is 0 Å². The number of nitrogens with one attached hydrogen (secondary N) is 1. The van der Waals surface area contributed by atoms with Crippen molar-refractivity contribution in [1.29, 1.82) is 0 Å². The maximum atomic E-state index is 12.6. The molecule has 1 N–H and O–H groups in total. The van der Waals surface area contributed by atoms with Gasteiger partial charge in [-0.05, 0) is 25.0 Å². The molecule has 0 aliphatic heterocycles. The van der Waals surface area contributed by atoms with E-state index < -0.39 is 17.2 Å². The van der Waals surface area contributed by atoms with Gasteiger partial charge in [0.25, 0.3) is 5.56 Å². The van der Waals surface area contributed by atoms with Crippen LogP contribution in [0.15, 0.2) is 40.2 Å². The summed E-state index contributed by atoms with van der Waals surface area (Å²) in [5.41, 5.74) is 1.54. The number of rotatable bonds is 4. The lowest BCUT2D eigenvalue weighted by Gasteiger charge is -2.17. The summed E-state index contributed by atoms with van der Waals surface area (Å²) in [6.07, 6.45) is 1.47. The standard InChI is InChI=1S/C18H21N5O3/c1-11-7-5-6-8-13(11)12(2)20-14(24)9-23-17(25)15-16(19-10-21(15)3)22(4)18(23)26/h5-8,10,12H,9H2,1-4H3,(H,20,24)/t12-/m1/s1. The molecule has 0 radical (unpaired) electrons. The van der Waals surface area contributed by atoms with E-state index in [1.807, 2.05) is 38.1 Å². The van der Waals surface area contributed by atoms with Gasteiger partial charge in [0.05, 0.1) is 12.4 Å². The molecule has 0 aliphatic carbocycles. The number of hydrogen-bond acceptors (Lipinski definition) is 4. The summed E-state index contributed by atoms with van der Waals surface area (Å²) in [4.78, 5) is 41.6. The average molecular weight is 355 g/mol. The van der Waals surface area contributed by atoms with Crippen molar-refractivity contribution in [2.24, 2.45) is 14.1 Å². The molecule has 0 unspecified atom stereocenters. The van der Waals surface area contributed by atoms with E-state index >= 15 is 0 Å². The van der Waals surface area contributed by atoms with Crippen molar-refractivity contribution >= 4 is 17.1 Å². The van der Waals surface area contributed by atoms with Crippen LogP contribution < -0.4 is 16.6 Å². The molecule has 0 aliphatic rings. The van der Waals surface area contributed by atoms with Crippen LogP contribution in [-0.2, 0) is 25.4 Å². The van der Waals surface area contributed by atoms with Crippen molar-refractivity contribution in [2.75, 3.05) is 0 Å². The van der Waals surface area contributed by atoms with Gasteiger partial charge in [-0.1, -0.05) is 24.3 Å². The fourth-order valence-electron chi connectivity index (χ4n) is 3.12. The largest absolute Gasteiger partial charge is 0.348 e. The zero-order valence-corrected chi connectivity index (χ0v) is 15.2. The normalized spacial score (nSPS) is 12.3. The number of carbonyl (C=O) groups is 1. The number of imidazole rings is 1. The Balaban J connectivity index is 1.91. The number of hydrogen-bond donors (Lipinski definition) is 1. The van der Waals surface area contributed by atoms with E-state index in [0.717, 1.165) is 15.7 Å². The Morgan fingerprint density at radius 1 is 1.23 bits per heavy atom. The molecule has 3 rings (SSSR count). The van der Waals surface area contributed by atoms with Crippen LogP contribution in [0.2, 0.25) is 0 Å². The van der Waals surface area contributed by atoms with Crippen molar-refractivity contribution in [3.63, 3.8) is 0 Å². The first-order valence-corrected chi connectivity index (χ1v) is 8.27. The third kappa shape index (κ3) is 2.94. The van der Waals surface area contributed by atoms with Crippen molar-refractivity contribution in [1.82, 2.24) is 24.0 Å². The van der Waals surface area contributed by atoms with Gasteiger partial charge in [-0.2, -0.15) is 0 Å². The Kier molecular flexibility index (Phi) is 4.50. The molecule has 1 amide bonds. The van der Waals surface area contributed by atoms with Crippen molar-refractivity contribution in [3.8, 4) is 0 Å². The summed E-state index contributed by atoms with van der Waals surface area (Å²) in [5, 5.41) is 2.85. The molecule has 0 saturated carbocycles. The monoisotopic (exact) mass is 355 g/mol. The van der Waals surface area contributed by atoms with Crippen molar-refractivity contribution < 1.29 is 4.79 Å². The topological polar surface area (TPSA) is 90.9 Å². The van der Waals surface area contributed by atoms with Gasteiger partial charge in [-0.25, -0.2) is 14.3 Å². The fourth-order valence-corrected chi connectivity index (χ4v) is 3.12. The lowest BCUT2D eigenvalue weighted by molar-refractivity contribution is -0.122. The van der Waals surface area contributed by atoms with Crippen LogP contribution >= 0.6 is 0 Å². The van der Waals surface area contributed by atoms with E-state index in [2.05, 4.69) is 10.3 Å². The highest BCUT2D eigenvalue weighted by atomic mass is 16.2. The number of benzene rings is 1. The summed E-state index contributed by atoms with van der Waals surface area (Å²) < 4.78 is 3.75. The first-order chi connectivity index (χ1) is 12.3. The molecule has 0 saturated heterocycles. The summed E-state index contributed by atoms with van der Waals surface area (Å²) in [5.74, 6) is -0.401. The smallest absolute Gasteiger partial charge is 0.332 e. The summed E-state index contributed by atoms with van der Waals surface area (Å²) in [6, 6.07) is 7.51. The molecule has 0 spiro atoms. The first kappa shape index (κ1) is 17.7. The van der Waals surface area contributed by atoms with Gasteiger partial charge in [0.2, 0.25) is 5.91 Å². The maximum absolute atomic E-state index is 12.6. The zero-order valence-electron chi connectivity index (χ0n) is 15.2. The van der Waals surface area contributed by atoms with Gasteiger partial charge >= 0.3 is 5.69 Å². The van der Waals surface area contributed by atoms with E-state index in [9.17, 15) is 14.4 Å². The van der Waals surface area contributed by atoms with Crippen LogP contribution in [0.4, 0.5) is 0 Å². The summed E-state index contributed by atoms with van der Waals surface area (Å²) in [7, 11) is 3.20. The van der Waals surface area contributed by atoms with Crippen molar-refractivity contribution in [2.45, 2.75) is 26.4 Å². The predicted molar refractivity (Wildman–Crippen MR) is 98.0 cm³/mol. The molecule has 0 fully saturated rings. The highest BCUT2D eigenvalue weighted by molar-refractivity contribution is 5.77. The highest BCUT2D eigenvalue weighted by Crippen LogP contribution is 2.16. The minimum absolute atomic E-state index is 0.233. The SMILES string of the molecule is Cc1ccccc1[C@@H](C)NC(=O)Cn1c(=O)c2c(ncn2C)n(C)c1=O. The van der Waals surface area contributed by atoms with Crippen molar-refractivity contribution in [3.05, 3.63) is 62.6 Å². The number of carbonyl (C=O) groups excluding carboxylic acids is 1. The third-order valence-electron chi connectivity index (χ3n) is 4.54. The van der Waals surface area contributed by atoms with E-state index in [1.54, 1.807) is 11.6 Å². The molecule has 0 bridgehead atoms. The van der Waals surface area contributed by atoms with Gasteiger partial charge in [-0.3, -0.25) is 14.2 Å². The van der Waals surface area contributed by atoms with E-state index in [-0.39, 0.29) is 18.1 Å². The second-order valence-corrected chi connectivity index (χ2v) is 6.41. The second kappa shape index (κ2) is 6.62. The molecular weight excluding hydrogens is 334 g/mol. The second-order valence-electron chi connectivity index (χ2n) is 6.41. The first-order valence-electron chi connectivity index (χ1n) is 8.27. The maximum Gasteiger partial charge on any atom is 0.332 e. The Hall–Kier alpha value is -3.16. The lowest BCUT2D eigenvalue weighted by atomic mass is 10.0. The number of aromatic nitrogens is 4.